The van der Waals surface area contributed by atoms with Crippen LogP contribution in [0.15, 0.2) is 29.3 Å². The summed E-state index contributed by atoms with van der Waals surface area (Å²) in [4.78, 5) is 4.87. The number of fused-ring (bicyclic) bond motifs is 2. The van der Waals surface area contributed by atoms with Crippen LogP contribution in [0.5, 0.6) is 0 Å². The van der Waals surface area contributed by atoms with Crippen LogP contribution in [0, 0.1) is 11.3 Å². The molecule has 23 heavy (non-hydrogen) atoms. The average molecular weight is 313 g/mol. The summed E-state index contributed by atoms with van der Waals surface area (Å²) in [5, 5.41) is 3.29. The molecule has 3 atom stereocenters. The van der Waals surface area contributed by atoms with Crippen LogP contribution < -0.4 is 11.1 Å². The molecule has 124 valence electrons. The molecule has 4 heteroatoms. The van der Waals surface area contributed by atoms with Gasteiger partial charge in [-0.2, -0.15) is 0 Å². The van der Waals surface area contributed by atoms with Gasteiger partial charge in [0, 0.05) is 23.6 Å². The van der Waals surface area contributed by atoms with Crippen LogP contribution in [0.25, 0.3) is 0 Å². The first kappa shape index (κ1) is 15.0. The summed E-state index contributed by atoms with van der Waals surface area (Å²) in [5.74, 6) is 1.64. The molecule has 1 aliphatic heterocycles. The van der Waals surface area contributed by atoms with Crippen molar-refractivity contribution in [3.8, 4) is 0 Å². The number of anilines is 1. The SMILES string of the molecule is CC(C)c1cccc(NC(N)=NC2C3CCOC3C23CCC3)c1. The predicted molar refractivity (Wildman–Crippen MR) is 93.7 cm³/mol. The number of nitrogens with zero attached hydrogens (tertiary/aromatic N) is 1. The maximum absolute atomic E-state index is 6.22. The first-order valence-corrected chi connectivity index (χ1v) is 8.92. The van der Waals surface area contributed by atoms with Crippen molar-refractivity contribution in [2.75, 3.05) is 11.9 Å². The van der Waals surface area contributed by atoms with Gasteiger partial charge in [-0.25, -0.2) is 4.99 Å². The second-order valence-corrected chi connectivity index (χ2v) is 7.69. The highest BCUT2D eigenvalue weighted by Gasteiger charge is 2.66. The molecule has 3 aliphatic rings. The quantitative estimate of drug-likeness (QED) is 0.663. The fraction of sp³-hybridized carbons (Fsp3) is 0.632. The Labute approximate surface area is 138 Å². The van der Waals surface area contributed by atoms with Crippen molar-refractivity contribution >= 4 is 11.6 Å². The van der Waals surface area contributed by atoms with E-state index in [9.17, 15) is 0 Å². The number of ether oxygens (including phenoxy) is 1. The fourth-order valence-electron chi connectivity index (χ4n) is 4.69. The topological polar surface area (TPSA) is 59.6 Å². The van der Waals surface area contributed by atoms with Gasteiger partial charge in [-0.3, -0.25) is 0 Å². The van der Waals surface area contributed by atoms with Gasteiger partial charge in [0.25, 0.3) is 0 Å². The van der Waals surface area contributed by atoms with Gasteiger partial charge in [-0.05, 0) is 42.9 Å². The van der Waals surface area contributed by atoms with E-state index in [1.807, 2.05) is 0 Å². The molecule has 2 saturated carbocycles. The highest BCUT2D eigenvalue weighted by atomic mass is 16.5. The highest BCUT2D eigenvalue weighted by molar-refractivity contribution is 5.92. The third-order valence-electron chi connectivity index (χ3n) is 6.09. The molecule has 0 bridgehead atoms. The fourth-order valence-corrected chi connectivity index (χ4v) is 4.69. The van der Waals surface area contributed by atoms with E-state index in [1.54, 1.807) is 0 Å². The monoisotopic (exact) mass is 313 g/mol. The summed E-state index contributed by atoms with van der Waals surface area (Å²) in [7, 11) is 0. The Kier molecular flexibility index (Phi) is 3.60. The minimum atomic E-state index is 0.299. The lowest BCUT2D eigenvalue weighted by atomic mass is 9.46. The molecule has 2 aliphatic carbocycles. The van der Waals surface area contributed by atoms with Crippen molar-refractivity contribution in [1.82, 2.24) is 0 Å². The minimum Gasteiger partial charge on any atom is -0.377 e. The van der Waals surface area contributed by atoms with Gasteiger partial charge in [-0.15, -0.1) is 0 Å². The van der Waals surface area contributed by atoms with Crippen LogP contribution in [0.4, 0.5) is 5.69 Å². The summed E-state index contributed by atoms with van der Waals surface area (Å²) in [6.07, 6.45) is 5.39. The molecule has 0 amide bonds. The third kappa shape index (κ3) is 2.35. The molecular formula is C19H27N3O. The molecule has 1 aromatic rings. The molecule has 3 N–H and O–H groups in total. The predicted octanol–water partition coefficient (Wildman–Crippen LogP) is 3.49. The van der Waals surface area contributed by atoms with Crippen molar-refractivity contribution in [2.45, 2.75) is 57.6 Å². The van der Waals surface area contributed by atoms with Crippen LogP contribution in [-0.4, -0.2) is 24.7 Å². The van der Waals surface area contributed by atoms with Crippen molar-refractivity contribution in [3.05, 3.63) is 29.8 Å². The average Bonchev–Trinajstić information content (AvgIpc) is 2.89. The summed E-state index contributed by atoms with van der Waals surface area (Å²) < 4.78 is 5.95. The number of hydrogen-bond acceptors (Lipinski definition) is 2. The molecule has 0 aromatic heterocycles. The van der Waals surface area contributed by atoms with Crippen LogP contribution in [0.2, 0.25) is 0 Å². The number of nitrogens with two attached hydrogens (primary N) is 1. The van der Waals surface area contributed by atoms with Crippen LogP contribution >= 0.6 is 0 Å². The second-order valence-electron chi connectivity index (χ2n) is 7.69. The Balaban J connectivity index is 1.49. The molecule has 4 rings (SSSR count). The maximum atomic E-state index is 6.22. The van der Waals surface area contributed by atoms with E-state index in [4.69, 9.17) is 15.5 Å². The standard InChI is InChI=1S/C19H27N3O/c1-12(2)13-5-3-6-14(11-13)21-18(20)22-16-15-7-10-23-17(15)19(16)8-4-9-19/h3,5-6,11-12,15-17H,4,7-10H2,1-2H3,(H3,20,21,22). The minimum absolute atomic E-state index is 0.299. The molecule has 1 saturated heterocycles. The van der Waals surface area contributed by atoms with Gasteiger partial charge in [0.2, 0.25) is 0 Å². The Hall–Kier alpha value is -1.55. The van der Waals surface area contributed by atoms with Gasteiger partial charge in [0.15, 0.2) is 5.96 Å². The summed E-state index contributed by atoms with van der Waals surface area (Å²) in [6, 6.07) is 8.79. The lowest BCUT2D eigenvalue weighted by molar-refractivity contribution is -0.164. The molecule has 0 radical (unpaired) electrons. The molecular weight excluding hydrogens is 286 g/mol. The van der Waals surface area contributed by atoms with Gasteiger partial charge in [0.05, 0.1) is 12.1 Å². The largest absolute Gasteiger partial charge is 0.377 e. The smallest absolute Gasteiger partial charge is 0.193 e. The van der Waals surface area contributed by atoms with E-state index in [1.165, 1.54) is 24.8 Å². The zero-order valence-electron chi connectivity index (χ0n) is 14.1. The lowest BCUT2D eigenvalue weighted by Gasteiger charge is -2.61. The molecule has 1 heterocycles. The normalized spacial score (nSPS) is 31.6. The number of aliphatic imine (C=N–C) groups is 1. The van der Waals surface area contributed by atoms with Crippen LogP contribution in [0.1, 0.15) is 51.0 Å². The lowest BCUT2D eigenvalue weighted by Crippen LogP contribution is -2.65. The summed E-state index contributed by atoms with van der Waals surface area (Å²) >= 11 is 0. The molecule has 3 fully saturated rings. The number of rotatable bonds is 3. The van der Waals surface area contributed by atoms with Crippen molar-refractivity contribution in [2.24, 2.45) is 22.1 Å². The van der Waals surface area contributed by atoms with E-state index < -0.39 is 0 Å². The first-order valence-electron chi connectivity index (χ1n) is 8.92. The van der Waals surface area contributed by atoms with Gasteiger partial charge < -0.3 is 15.8 Å². The second kappa shape index (κ2) is 5.52. The number of hydrogen-bond donors (Lipinski definition) is 2. The van der Waals surface area contributed by atoms with E-state index in [0.717, 1.165) is 18.7 Å². The first-order chi connectivity index (χ1) is 11.1. The molecule has 3 unspecified atom stereocenters. The van der Waals surface area contributed by atoms with Crippen LogP contribution in [-0.2, 0) is 4.74 Å². The Bertz CT molecular complexity index is 621. The number of nitrogens with one attached hydrogen (secondary N) is 1. The van der Waals surface area contributed by atoms with Crippen molar-refractivity contribution in [1.29, 1.82) is 0 Å². The summed E-state index contributed by atoms with van der Waals surface area (Å²) in [6.45, 7) is 5.30. The Morgan fingerprint density at radius 1 is 1.39 bits per heavy atom. The summed E-state index contributed by atoms with van der Waals surface area (Å²) in [5.41, 5.74) is 8.86. The highest BCUT2D eigenvalue weighted by Crippen LogP contribution is 2.64. The third-order valence-corrected chi connectivity index (χ3v) is 6.09. The van der Waals surface area contributed by atoms with E-state index in [0.29, 0.717) is 35.4 Å². The van der Waals surface area contributed by atoms with Crippen molar-refractivity contribution in [3.63, 3.8) is 0 Å². The maximum Gasteiger partial charge on any atom is 0.193 e. The van der Waals surface area contributed by atoms with E-state index >= 15 is 0 Å². The zero-order valence-corrected chi connectivity index (χ0v) is 14.1. The molecule has 4 nitrogen and oxygen atoms in total. The van der Waals surface area contributed by atoms with Gasteiger partial charge in [0.1, 0.15) is 0 Å². The Morgan fingerprint density at radius 3 is 2.91 bits per heavy atom. The van der Waals surface area contributed by atoms with Crippen LogP contribution in [0.3, 0.4) is 0 Å². The van der Waals surface area contributed by atoms with Gasteiger partial charge in [-0.1, -0.05) is 32.4 Å². The number of guanidine groups is 1. The Morgan fingerprint density at radius 2 is 2.22 bits per heavy atom. The molecule has 1 spiro atoms. The van der Waals surface area contributed by atoms with E-state index in [-0.39, 0.29) is 0 Å². The van der Waals surface area contributed by atoms with Gasteiger partial charge >= 0.3 is 0 Å². The number of benzene rings is 1. The van der Waals surface area contributed by atoms with Crippen molar-refractivity contribution < 1.29 is 4.74 Å². The van der Waals surface area contributed by atoms with E-state index in [2.05, 4.69) is 43.4 Å². The molecule has 1 aromatic carbocycles. The zero-order chi connectivity index (χ0) is 16.0.